The number of benzene rings is 2. The van der Waals surface area contributed by atoms with Crippen LogP contribution in [0.15, 0.2) is 54.7 Å². The fourth-order valence-electron chi connectivity index (χ4n) is 3.06. The highest BCUT2D eigenvalue weighted by molar-refractivity contribution is 7.17. The van der Waals surface area contributed by atoms with Gasteiger partial charge in [0.2, 0.25) is 0 Å². The van der Waals surface area contributed by atoms with Crippen LogP contribution >= 0.6 is 11.3 Å². The molecule has 0 saturated heterocycles. The Hall–Kier alpha value is -2.99. The number of aryl methyl sites for hydroxylation is 1. The van der Waals surface area contributed by atoms with Crippen molar-refractivity contribution in [3.8, 4) is 10.6 Å². The summed E-state index contributed by atoms with van der Waals surface area (Å²) >= 11 is 1.39. The lowest BCUT2D eigenvalue weighted by Gasteiger charge is -2.04. The third kappa shape index (κ3) is 3.61. The zero-order valence-electron chi connectivity index (χ0n) is 14.8. The third-order valence-electron chi connectivity index (χ3n) is 4.43. The van der Waals surface area contributed by atoms with Gasteiger partial charge in [0.25, 0.3) is 5.91 Å². The number of carbonyl (C=O) groups is 1. The summed E-state index contributed by atoms with van der Waals surface area (Å²) < 4.78 is 13.5. The fraction of sp³-hybridized carbons (Fsp3) is 0.143. The summed E-state index contributed by atoms with van der Waals surface area (Å²) in [4.78, 5) is 20.8. The van der Waals surface area contributed by atoms with Crippen molar-refractivity contribution < 1.29 is 9.18 Å². The average Bonchev–Trinajstić information content (AvgIpc) is 3.26. The first kappa shape index (κ1) is 17.4. The van der Waals surface area contributed by atoms with Crippen molar-refractivity contribution >= 4 is 28.1 Å². The molecule has 6 heteroatoms. The van der Waals surface area contributed by atoms with Crippen LogP contribution in [-0.2, 0) is 6.42 Å². The molecule has 2 heterocycles. The normalized spacial score (nSPS) is 11.0. The number of aromatic amines is 1. The van der Waals surface area contributed by atoms with Crippen molar-refractivity contribution in [3.63, 3.8) is 0 Å². The van der Waals surface area contributed by atoms with Crippen LogP contribution in [0.3, 0.4) is 0 Å². The molecule has 1 amide bonds. The van der Waals surface area contributed by atoms with E-state index in [4.69, 9.17) is 0 Å². The van der Waals surface area contributed by atoms with Crippen LogP contribution in [0, 0.1) is 12.7 Å². The summed E-state index contributed by atoms with van der Waals surface area (Å²) in [6.45, 7) is 2.32. The van der Waals surface area contributed by atoms with Crippen molar-refractivity contribution in [1.29, 1.82) is 0 Å². The van der Waals surface area contributed by atoms with E-state index in [9.17, 15) is 9.18 Å². The maximum atomic E-state index is 13.5. The number of thiazole rings is 1. The number of hydrogen-bond acceptors (Lipinski definition) is 3. The van der Waals surface area contributed by atoms with Gasteiger partial charge in [-0.15, -0.1) is 11.3 Å². The SMILES string of the molecule is Cc1nc(-c2ccccc2)sc1C(=O)NCCc1c[nH]c2ccc(F)cc12. The Morgan fingerprint density at radius 3 is 2.85 bits per heavy atom. The Morgan fingerprint density at radius 1 is 1.22 bits per heavy atom. The van der Waals surface area contributed by atoms with E-state index in [0.717, 1.165) is 32.7 Å². The minimum Gasteiger partial charge on any atom is -0.361 e. The van der Waals surface area contributed by atoms with Gasteiger partial charge in [-0.2, -0.15) is 0 Å². The van der Waals surface area contributed by atoms with Crippen LogP contribution in [0.2, 0.25) is 0 Å². The second-order valence-electron chi connectivity index (χ2n) is 6.31. The van der Waals surface area contributed by atoms with Crippen molar-refractivity contribution in [3.05, 3.63) is 76.7 Å². The summed E-state index contributed by atoms with van der Waals surface area (Å²) in [5.41, 5.74) is 3.61. The predicted octanol–water partition coefficient (Wildman–Crippen LogP) is 4.71. The van der Waals surface area contributed by atoms with Crippen molar-refractivity contribution in [2.24, 2.45) is 0 Å². The Bertz CT molecular complexity index is 1100. The van der Waals surface area contributed by atoms with E-state index in [1.165, 1.54) is 23.5 Å². The first-order valence-corrected chi connectivity index (χ1v) is 9.50. The summed E-state index contributed by atoms with van der Waals surface area (Å²) in [7, 11) is 0. The van der Waals surface area contributed by atoms with Gasteiger partial charge in [-0.25, -0.2) is 9.37 Å². The molecule has 4 aromatic rings. The van der Waals surface area contributed by atoms with Gasteiger partial charge in [-0.3, -0.25) is 4.79 Å². The van der Waals surface area contributed by atoms with Gasteiger partial charge in [-0.1, -0.05) is 30.3 Å². The molecule has 0 spiro atoms. The monoisotopic (exact) mass is 379 g/mol. The van der Waals surface area contributed by atoms with E-state index in [1.807, 2.05) is 43.5 Å². The van der Waals surface area contributed by atoms with E-state index < -0.39 is 0 Å². The lowest BCUT2D eigenvalue weighted by atomic mass is 10.1. The topological polar surface area (TPSA) is 57.8 Å². The van der Waals surface area contributed by atoms with E-state index in [1.54, 1.807) is 6.07 Å². The smallest absolute Gasteiger partial charge is 0.263 e. The summed E-state index contributed by atoms with van der Waals surface area (Å²) in [5, 5.41) is 4.64. The molecule has 2 N–H and O–H groups in total. The molecule has 0 aliphatic carbocycles. The third-order valence-corrected chi connectivity index (χ3v) is 5.64. The molecule has 4 nitrogen and oxygen atoms in total. The average molecular weight is 379 g/mol. The molecule has 136 valence electrons. The Kier molecular flexibility index (Phi) is 4.73. The van der Waals surface area contributed by atoms with Crippen LogP contribution in [-0.4, -0.2) is 22.4 Å². The maximum absolute atomic E-state index is 13.5. The number of nitrogens with one attached hydrogen (secondary N) is 2. The highest BCUT2D eigenvalue weighted by Gasteiger charge is 2.16. The predicted molar refractivity (Wildman–Crippen MR) is 107 cm³/mol. The van der Waals surface area contributed by atoms with Gasteiger partial charge in [0.1, 0.15) is 15.7 Å². The van der Waals surface area contributed by atoms with Gasteiger partial charge >= 0.3 is 0 Å². The molecule has 0 radical (unpaired) electrons. The lowest BCUT2D eigenvalue weighted by molar-refractivity contribution is 0.0957. The number of nitrogens with zero attached hydrogens (tertiary/aromatic N) is 1. The molecule has 0 aliphatic heterocycles. The van der Waals surface area contributed by atoms with Gasteiger partial charge < -0.3 is 10.3 Å². The number of fused-ring (bicyclic) bond motifs is 1. The van der Waals surface area contributed by atoms with Gasteiger partial charge in [0.05, 0.1) is 5.69 Å². The number of amides is 1. The van der Waals surface area contributed by atoms with E-state index in [0.29, 0.717) is 17.8 Å². The summed E-state index contributed by atoms with van der Waals surface area (Å²) in [6.07, 6.45) is 2.49. The fourth-order valence-corrected chi connectivity index (χ4v) is 4.05. The number of aromatic nitrogens is 2. The van der Waals surface area contributed by atoms with E-state index in [2.05, 4.69) is 15.3 Å². The van der Waals surface area contributed by atoms with Crippen molar-refractivity contribution in [2.75, 3.05) is 6.54 Å². The second-order valence-corrected chi connectivity index (χ2v) is 7.31. The largest absolute Gasteiger partial charge is 0.361 e. The maximum Gasteiger partial charge on any atom is 0.263 e. The molecule has 0 bridgehead atoms. The number of H-pyrrole nitrogens is 1. The number of rotatable bonds is 5. The molecule has 27 heavy (non-hydrogen) atoms. The molecule has 0 saturated carbocycles. The molecule has 4 rings (SSSR count). The minimum atomic E-state index is -0.263. The van der Waals surface area contributed by atoms with Gasteiger partial charge in [0, 0.05) is 29.2 Å². The molecular weight excluding hydrogens is 361 g/mol. The van der Waals surface area contributed by atoms with E-state index >= 15 is 0 Å². The molecule has 2 aromatic carbocycles. The van der Waals surface area contributed by atoms with Gasteiger partial charge in [0.15, 0.2) is 0 Å². The number of carbonyl (C=O) groups excluding carboxylic acids is 1. The molecular formula is C21H18FN3OS. The minimum absolute atomic E-state index is 0.127. The number of hydrogen-bond donors (Lipinski definition) is 2. The Morgan fingerprint density at radius 2 is 2.04 bits per heavy atom. The van der Waals surface area contributed by atoms with Crippen LogP contribution < -0.4 is 5.32 Å². The number of halogens is 1. The highest BCUT2D eigenvalue weighted by atomic mass is 32.1. The van der Waals surface area contributed by atoms with Crippen LogP contribution in [0.1, 0.15) is 20.9 Å². The quantitative estimate of drug-likeness (QED) is 0.527. The molecule has 0 aliphatic rings. The zero-order valence-corrected chi connectivity index (χ0v) is 15.6. The molecule has 0 atom stereocenters. The Labute approximate surface area is 160 Å². The van der Waals surface area contributed by atoms with Gasteiger partial charge in [-0.05, 0) is 37.1 Å². The molecule has 0 fully saturated rings. The Balaban J connectivity index is 1.44. The summed E-state index contributed by atoms with van der Waals surface area (Å²) in [6, 6.07) is 14.5. The summed E-state index contributed by atoms with van der Waals surface area (Å²) in [5.74, 6) is -0.390. The second kappa shape index (κ2) is 7.32. The van der Waals surface area contributed by atoms with Crippen LogP contribution in [0.25, 0.3) is 21.5 Å². The van der Waals surface area contributed by atoms with Crippen LogP contribution in [0.4, 0.5) is 4.39 Å². The van der Waals surface area contributed by atoms with Crippen molar-refractivity contribution in [1.82, 2.24) is 15.3 Å². The van der Waals surface area contributed by atoms with E-state index in [-0.39, 0.29) is 11.7 Å². The highest BCUT2D eigenvalue weighted by Crippen LogP contribution is 2.27. The first-order chi connectivity index (χ1) is 13.1. The molecule has 0 unspecified atom stereocenters. The van der Waals surface area contributed by atoms with Crippen molar-refractivity contribution in [2.45, 2.75) is 13.3 Å². The standard InChI is InChI=1S/C21H18FN3OS/c1-13-19(27-21(25-13)14-5-3-2-4-6-14)20(26)23-10-9-15-12-24-18-8-7-16(22)11-17(15)18/h2-8,11-12,24H,9-10H2,1H3,(H,23,26). The molecule has 2 aromatic heterocycles. The zero-order chi connectivity index (χ0) is 18.8. The first-order valence-electron chi connectivity index (χ1n) is 8.68. The lowest BCUT2D eigenvalue weighted by Crippen LogP contribution is -2.25. The van der Waals surface area contributed by atoms with Crippen LogP contribution in [0.5, 0.6) is 0 Å².